The summed E-state index contributed by atoms with van der Waals surface area (Å²) in [7, 11) is -2.42. The molecular weight excluding hydrogens is 372 g/mol. The summed E-state index contributed by atoms with van der Waals surface area (Å²) in [5.41, 5.74) is 0.765. The van der Waals surface area contributed by atoms with Gasteiger partial charge in [0, 0.05) is 25.4 Å². The fraction of sp³-hybridized carbons (Fsp3) is 0.333. The molecule has 1 amide bonds. The number of nitrogens with one attached hydrogen (secondary N) is 1. The number of thiazole rings is 1. The number of carbonyl (C=O) groups excluding carboxylic acids is 1. The van der Waals surface area contributed by atoms with Crippen molar-refractivity contribution < 1.29 is 22.0 Å². The highest BCUT2D eigenvalue weighted by atomic mass is 32.2. The molecule has 0 saturated heterocycles. The maximum absolute atomic E-state index is 13.1. The van der Waals surface area contributed by atoms with Crippen LogP contribution in [0.25, 0.3) is 0 Å². The van der Waals surface area contributed by atoms with Crippen LogP contribution in [0, 0.1) is 18.6 Å². The summed E-state index contributed by atoms with van der Waals surface area (Å²) in [6, 6.07) is 2.29. The van der Waals surface area contributed by atoms with Crippen LogP contribution in [-0.4, -0.2) is 37.8 Å². The minimum atomic E-state index is -4.01. The van der Waals surface area contributed by atoms with Crippen LogP contribution in [-0.2, 0) is 21.4 Å². The summed E-state index contributed by atoms with van der Waals surface area (Å²) in [5.74, 6) is -2.65. The van der Waals surface area contributed by atoms with Gasteiger partial charge in [-0.05, 0) is 25.1 Å². The number of aryl methyl sites for hydroxylation is 1. The van der Waals surface area contributed by atoms with Crippen molar-refractivity contribution in [1.82, 2.24) is 14.6 Å². The zero-order valence-corrected chi connectivity index (χ0v) is 15.3. The first-order valence-corrected chi connectivity index (χ1v) is 9.65. The molecule has 0 atom stereocenters. The van der Waals surface area contributed by atoms with Gasteiger partial charge in [0.1, 0.15) is 0 Å². The summed E-state index contributed by atoms with van der Waals surface area (Å²) in [6.45, 7) is 2.04. The molecule has 0 unspecified atom stereocenters. The van der Waals surface area contributed by atoms with Crippen LogP contribution >= 0.6 is 11.3 Å². The Morgan fingerprint density at radius 3 is 2.64 bits per heavy atom. The molecule has 1 heterocycles. The standard InChI is InChI=1S/C15H17F2N3O3S2/c1-10-19-11(9-24-10)8-20(2)15(21)5-6-18-25(22,23)12-3-4-13(16)14(17)7-12/h3-4,7,9,18H,5-6,8H2,1-2H3. The molecule has 0 aliphatic rings. The Morgan fingerprint density at radius 2 is 2.04 bits per heavy atom. The van der Waals surface area contributed by atoms with Gasteiger partial charge in [-0.1, -0.05) is 0 Å². The molecule has 0 bridgehead atoms. The number of hydrogen-bond acceptors (Lipinski definition) is 5. The van der Waals surface area contributed by atoms with Crippen molar-refractivity contribution in [2.45, 2.75) is 24.8 Å². The highest BCUT2D eigenvalue weighted by Crippen LogP contribution is 2.14. The van der Waals surface area contributed by atoms with Crippen molar-refractivity contribution in [3.05, 3.63) is 45.9 Å². The molecule has 25 heavy (non-hydrogen) atoms. The smallest absolute Gasteiger partial charge is 0.240 e. The molecule has 10 heteroatoms. The van der Waals surface area contributed by atoms with Crippen LogP contribution in [0.15, 0.2) is 28.5 Å². The molecule has 1 aromatic heterocycles. The van der Waals surface area contributed by atoms with E-state index in [9.17, 15) is 22.0 Å². The Morgan fingerprint density at radius 1 is 1.32 bits per heavy atom. The summed E-state index contributed by atoms with van der Waals surface area (Å²) in [4.78, 5) is 17.3. The lowest BCUT2D eigenvalue weighted by Crippen LogP contribution is -2.32. The van der Waals surface area contributed by atoms with Crippen LogP contribution in [0.3, 0.4) is 0 Å². The van der Waals surface area contributed by atoms with Gasteiger partial charge in [-0.3, -0.25) is 4.79 Å². The van der Waals surface area contributed by atoms with Crippen molar-refractivity contribution in [1.29, 1.82) is 0 Å². The molecular formula is C15H17F2N3O3S2. The number of carbonyl (C=O) groups is 1. The molecule has 1 aromatic carbocycles. The van der Waals surface area contributed by atoms with Gasteiger partial charge in [0.05, 0.1) is 22.1 Å². The van der Waals surface area contributed by atoms with Crippen molar-refractivity contribution in [2.75, 3.05) is 13.6 Å². The average molecular weight is 389 g/mol. The van der Waals surface area contributed by atoms with Crippen molar-refractivity contribution >= 4 is 27.3 Å². The Hall–Kier alpha value is -1.91. The molecule has 0 saturated carbocycles. The van der Waals surface area contributed by atoms with Crippen LogP contribution in [0.5, 0.6) is 0 Å². The maximum Gasteiger partial charge on any atom is 0.240 e. The molecule has 0 spiro atoms. The minimum Gasteiger partial charge on any atom is -0.340 e. The minimum absolute atomic E-state index is 0.0669. The van der Waals surface area contributed by atoms with Gasteiger partial charge in [0.15, 0.2) is 11.6 Å². The third kappa shape index (κ3) is 5.28. The van der Waals surface area contributed by atoms with Crippen molar-refractivity contribution in [3.63, 3.8) is 0 Å². The fourth-order valence-corrected chi connectivity index (χ4v) is 3.67. The van der Waals surface area contributed by atoms with E-state index in [1.54, 1.807) is 7.05 Å². The molecule has 136 valence electrons. The van der Waals surface area contributed by atoms with Crippen LogP contribution < -0.4 is 4.72 Å². The third-order valence-electron chi connectivity index (χ3n) is 3.32. The second kappa shape index (κ2) is 7.98. The lowest BCUT2D eigenvalue weighted by atomic mass is 10.3. The number of rotatable bonds is 7. The van der Waals surface area contributed by atoms with Crippen LogP contribution in [0.1, 0.15) is 17.1 Å². The Kier molecular flexibility index (Phi) is 6.20. The summed E-state index contributed by atoms with van der Waals surface area (Å²) < 4.78 is 52.2. The highest BCUT2D eigenvalue weighted by molar-refractivity contribution is 7.89. The van der Waals surface area contributed by atoms with Gasteiger partial charge < -0.3 is 4.90 Å². The summed E-state index contributed by atoms with van der Waals surface area (Å²) in [5, 5.41) is 2.75. The number of aromatic nitrogens is 1. The van der Waals surface area contributed by atoms with Gasteiger partial charge in [-0.2, -0.15) is 0 Å². The van der Waals surface area contributed by atoms with Gasteiger partial charge in [0.2, 0.25) is 15.9 Å². The predicted molar refractivity (Wildman–Crippen MR) is 89.5 cm³/mol. The lowest BCUT2D eigenvalue weighted by molar-refractivity contribution is -0.130. The zero-order valence-electron chi connectivity index (χ0n) is 13.6. The topological polar surface area (TPSA) is 79.4 Å². The van der Waals surface area contributed by atoms with E-state index in [0.29, 0.717) is 12.6 Å². The van der Waals surface area contributed by atoms with Gasteiger partial charge in [0.25, 0.3) is 0 Å². The van der Waals surface area contributed by atoms with E-state index in [2.05, 4.69) is 9.71 Å². The largest absolute Gasteiger partial charge is 0.340 e. The molecule has 2 rings (SSSR count). The Labute approximate surface area is 148 Å². The van der Waals surface area contributed by atoms with Gasteiger partial charge in [-0.15, -0.1) is 11.3 Å². The number of sulfonamides is 1. The monoisotopic (exact) mass is 389 g/mol. The maximum atomic E-state index is 13.1. The number of hydrogen-bond donors (Lipinski definition) is 1. The van der Waals surface area contributed by atoms with Crippen molar-refractivity contribution in [3.8, 4) is 0 Å². The van der Waals surface area contributed by atoms with E-state index in [1.807, 2.05) is 12.3 Å². The molecule has 0 radical (unpaired) electrons. The molecule has 0 fully saturated rings. The first-order chi connectivity index (χ1) is 11.7. The van der Waals surface area contributed by atoms with E-state index in [0.717, 1.165) is 22.8 Å². The van der Waals surface area contributed by atoms with E-state index >= 15 is 0 Å². The second-order valence-corrected chi connectivity index (χ2v) is 8.16. The molecule has 0 aliphatic carbocycles. The first-order valence-electron chi connectivity index (χ1n) is 7.29. The Balaban J connectivity index is 1.88. The number of nitrogens with zero attached hydrogens (tertiary/aromatic N) is 2. The van der Waals surface area contributed by atoms with E-state index < -0.39 is 26.6 Å². The third-order valence-corrected chi connectivity index (χ3v) is 5.60. The molecule has 6 nitrogen and oxygen atoms in total. The average Bonchev–Trinajstić information content (AvgIpc) is 2.94. The lowest BCUT2D eigenvalue weighted by Gasteiger charge is -2.16. The van der Waals surface area contributed by atoms with Gasteiger partial charge >= 0.3 is 0 Å². The highest BCUT2D eigenvalue weighted by Gasteiger charge is 2.17. The first kappa shape index (κ1) is 19.4. The normalized spacial score (nSPS) is 11.5. The SMILES string of the molecule is Cc1nc(CN(C)C(=O)CCNS(=O)(=O)c2ccc(F)c(F)c2)cs1. The van der Waals surface area contributed by atoms with Crippen LogP contribution in [0.4, 0.5) is 8.78 Å². The van der Waals surface area contributed by atoms with Crippen molar-refractivity contribution in [2.24, 2.45) is 0 Å². The van der Waals surface area contributed by atoms with E-state index in [4.69, 9.17) is 0 Å². The number of amides is 1. The Bertz CT molecular complexity index is 869. The number of halogens is 2. The fourth-order valence-electron chi connectivity index (χ4n) is 2.02. The summed E-state index contributed by atoms with van der Waals surface area (Å²) in [6.07, 6.45) is -0.0669. The molecule has 0 aliphatic heterocycles. The quantitative estimate of drug-likeness (QED) is 0.786. The molecule has 1 N–H and O–H groups in total. The predicted octanol–water partition coefficient (Wildman–Crippen LogP) is 2.06. The van der Waals surface area contributed by atoms with Gasteiger partial charge in [-0.25, -0.2) is 26.9 Å². The van der Waals surface area contributed by atoms with E-state index in [-0.39, 0.29) is 18.9 Å². The zero-order chi connectivity index (χ0) is 18.6. The number of benzene rings is 1. The van der Waals surface area contributed by atoms with E-state index in [1.165, 1.54) is 16.2 Å². The summed E-state index contributed by atoms with van der Waals surface area (Å²) >= 11 is 1.48. The van der Waals surface area contributed by atoms with Crippen LogP contribution in [0.2, 0.25) is 0 Å². The second-order valence-electron chi connectivity index (χ2n) is 5.33. The molecule has 2 aromatic rings.